The van der Waals surface area contributed by atoms with Crippen molar-refractivity contribution >= 4 is 28.5 Å². The van der Waals surface area contributed by atoms with Crippen LogP contribution in [0.2, 0.25) is 5.02 Å². The van der Waals surface area contributed by atoms with Crippen LogP contribution in [-0.4, -0.2) is 20.2 Å². The van der Waals surface area contributed by atoms with Gasteiger partial charge in [-0.2, -0.15) is 0 Å². The second kappa shape index (κ2) is 8.40. The van der Waals surface area contributed by atoms with Crippen molar-refractivity contribution in [1.29, 1.82) is 0 Å². The van der Waals surface area contributed by atoms with Gasteiger partial charge in [0.1, 0.15) is 12.4 Å². The molecule has 31 heavy (non-hydrogen) atoms. The lowest BCUT2D eigenvalue weighted by atomic mass is 10.0. The van der Waals surface area contributed by atoms with Crippen LogP contribution in [0.15, 0.2) is 65.6 Å². The molecule has 0 aliphatic rings. The number of fused-ring (bicyclic) bond motifs is 1. The van der Waals surface area contributed by atoms with Crippen LogP contribution in [0.4, 0.5) is 4.39 Å². The number of pyridine rings is 1. The van der Waals surface area contributed by atoms with Crippen molar-refractivity contribution in [3.8, 4) is 0 Å². The number of benzene rings is 2. The van der Waals surface area contributed by atoms with Gasteiger partial charge in [0.05, 0.1) is 6.54 Å². The van der Waals surface area contributed by atoms with E-state index in [1.807, 2.05) is 19.1 Å². The predicted octanol–water partition coefficient (Wildman–Crippen LogP) is 4.63. The van der Waals surface area contributed by atoms with Crippen LogP contribution >= 0.6 is 11.6 Å². The Kier molecular flexibility index (Phi) is 5.65. The molecule has 158 valence electrons. The molecule has 0 atom stereocenters. The molecule has 0 spiro atoms. The normalized spacial score (nSPS) is 11.2. The van der Waals surface area contributed by atoms with E-state index in [4.69, 9.17) is 11.6 Å². The van der Waals surface area contributed by atoms with Crippen LogP contribution in [0.5, 0.6) is 0 Å². The standard InChI is InChI=1S/C24H20ClFN2O3/c1-15-20(21-11-18(25)6-7-22(21)28(15)14-24(30)31)10-17-5-8-23(29)27(13-17)12-16-3-2-4-19(26)9-16/h2-9,11,13H,10,12,14H2,1H3,(H,30,31). The molecule has 5 nitrogen and oxygen atoms in total. The molecule has 0 aliphatic carbocycles. The van der Waals surface area contributed by atoms with Crippen molar-refractivity contribution in [2.24, 2.45) is 0 Å². The topological polar surface area (TPSA) is 64.2 Å². The van der Waals surface area contributed by atoms with Crippen molar-refractivity contribution in [2.45, 2.75) is 26.4 Å². The summed E-state index contributed by atoms with van der Waals surface area (Å²) in [6, 6.07) is 14.8. The van der Waals surface area contributed by atoms with E-state index in [1.54, 1.807) is 39.6 Å². The van der Waals surface area contributed by atoms with E-state index in [9.17, 15) is 19.1 Å². The Bertz CT molecular complexity index is 1360. The smallest absolute Gasteiger partial charge is 0.323 e. The molecule has 4 rings (SSSR count). The van der Waals surface area contributed by atoms with Crippen LogP contribution in [0, 0.1) is 12.7 Å². The second-order valence-electron chi connectivity index (χ2n) is 7.52. The molecule has 0 unspecified atom stereocenters. The maximum Gasteiger partial charge on any atom is 0.323 e. The Morgan fingerprint density at radius 3 is 2.65 bits per heavy atom. The molecular weight excluding hydrogens is 419 g/mol. The van der Waals surface area contributed by atoms with Gasteiger partial charge in [0, 0.05) is 40.3 Å². The zero-order valence-electron chi connectivity index (χ0n) is 16.8. The van der Waals surface area contributed by atoms with Crippen molar-refractivity contribution in [3.63, 3.8) is 0 Å². The highest BCUT2D eigenvalue weighted by atomic mass is 35.5. The van der Waals surface area contributed by atoms with Gasteiger partial charge in [-0.1, -0.05) is 29.8 Å². The summed E-state index contributed by atoms with van der Waals surface area (Å²) in [5.74, 6) is -1.27. The summed E-state index contributed by atoms with van der Waals surface area (Å²) in [7, 11) is 0. The lowest BCUT2D eigenvalue weighted by Crippen LogP contribution is -2.20. The number of rotatable bonds is 6. The number of carboxylic acids is 1. The van der Waals surface area contributed by atoms with E-state index >= 15 is 0 Å². The minimum atomic E-state index is -0.926. The fourth-order valence-electron chi connectivity index (χ4n) is 3.93. The average Bonchev–Trinajstić information content (AvgIpc) is 2.95. The van der Waals surface area contributed by atoms with Gasteiger partial charge in [0.15, 0.2) is 0 Å². The van der Waals surface area contributed by atoms with Gasteiger partial charge in [0.2, 0.25) is 0 Å². The zero-order valence-corrected chi connectivity index (χ0v) is 17.6. The van der Waals surface area contributed by atoms with Crippen LogP contribution < -0.4 is 5.56 Å². The lowest BCUT2D eigenvalue weighted by molar-refractivity contribution is -0.137. The van der Waals surface area contributed by atoms with E-state index in [-0.39, 0.29) is 24.5 Å². The molecule has 0 saturated heterocycles. The number of aliphatic carboxylic acids is 1. The number of halogens is 2. The van der Waals surface area contributed by atoms with Gasteiger partial charge < -0.3 is 14.2 Å². The maximum atomic E-state index is 13.5. The number of nitrogens with zero attached hydrogens (tertiary/aromatic N) is 2. The summed E-state index contributed by atoms with van der Waals surface area (Å²) in [5.41, 5.74) is 3.99. The Hall–Kier alpha value is -3.38. The third-order valence-corrected chi connectivity index (χ3v) is 5.61. The summed E-state index contributed by atoms with van der Waals surface area (Å²) in [6.45, 7) is 1.99. The van der Waals surface area contributed by atoms with Crippen LogP contribution in [-0.2, 0) is 24.3 Å². The molecule has 0 radical (unpaired) electrons. The lowest BCUT2D eigenvalue weighted by Gasteiger charge is -2.10. The third-order valence-electron chi connectivity index (χ3n) is 5.38. The Morgan fingerprint density at radius 1 is 1.10 bits per heavy atom. The molecular formula is C24H20ClFN2O3. The molecule has 2 aromatic carbocycles. The highest BCUT2D eigenvalue weighted by molar-refractivity contribution is 6.31. The number of aromatic nitrogens is 2. The number of hydrogen-bond acceptors (Lipinski definition) is 2. The first-order chi connectivity index (χ1) is 14.8. The highest BCUT2D eigenvalue weighted by Gasteiger charge is 2.17. The zero-order chi connectivity index (χ0) is 22.1. The van der Waals surface area contributed by atoms with Crippen LogP contribution in [0.3, 0.4) is 0 Å². The minimum absolute atomic E-state index is 0.150. The number of hydrogen-bond donors (Lipinski definition) is 1. The van der Waals surface area contributed by atoms with Gasteiger partial charge in [-0.15, -0.1) is 0 Å². The summed E-state index contributed by atoms with van der Waals surface area (Å²) in [5, 5.41) is 10.8. The van der Waals surface area contributed by atoms with Crippen molar-refractivity contribution < 1.29 is 14.3 Å². The molecule has 1 N–H and O–H groups in total. The van der Waals surface area contributed by atoms with Crippen LogP contribution in [0.1, 0.15) is 22.4 Å². The summed E-state index contributed by atoms with van der Waals surface area (Å²) in [4.78, 5) is 23.7. The van der Waals surface area contributed by atoms with Crippen molar-refractivity contribution in [2.75, 3.05) is 0 Å². The summed E-state index contributed by atoms with van der Waals surface area (Å²) >= 11 is 6.21. The largest absolute Gasteiger partial charge is 0.480 e. The van der Waals surface area contributed by atoms with Crippen LogP contribution in [0.25, 0.3) is 10.9 Å². The van der Waals surface area contributed by atoms with E-state index in [0.29, 0.717) is 17.0 Å². The van der Waals surface area contributed by atoms with E-state index in [1.165, 1.54) is 18.2 Å². The minimum Gasteiger partial charge on any atom is -0.480 e. The first-order valence-electron chi connectivity index (χ1n) is 9.74. The molecule has 2 heterocycles. The SMILES string of the molecule is Cc1c(Cc2ccc(=O)n(Cc3cccc(F)c3)c2)c2cc(Cl)ccc2n1CC(=O)O. The average molecular weight is 439 g/mol. The summed E-state index contributed by atoms with van der Waals surface area (Å²) < 4.78 is 16.8. The predicted molar refractivity (Wildman–Crippen MR) is 118 cm³/mol. The maximum absolute atomic E-state index is 13.5. The monoisotopic (exact) mass is 438 g/mol. The van der Waals surface area contributed by atoms with Gasteiger partial charge in [-0.05, 0) is 53.9 Å². The Balaban J connectivity index is 1.74. The molecule has 2 aromatic heterocycles. The van der Waals surface area contributed by atoms with E-state index in [0.717, 1.165) is 27.7 Å². The highest BCUT2D eigenvalue weighted by Crippen LogP contribution is 2.30. The van der Waals surface area contributed by atoms with E-state index in [2.05, 4.69) is 0 Å². The Labute approximate surface area is 182 Å². The van der Waals surface area contributed by atoms with Crippen molar-refractivity contribution in [3.05, 3.63) is 104 Å². The fraction of sp³-hybridized carbons (Fsp3) is 0.167. The quantitative estimate of drug-likeness (QED) is 0.477. The molecule has 0 saturated carbocycles. The molecule has 0 amide bonds. The molecule has 0 bridgehead atoms. The first kappa shape index (κ1) is 20.9. The van der Waals surface area contributed by atoms with Gasteiger partial charge >= 0.3 is 5.97 Å². The summed E-state index contributed by atoms with van der Waals surface area (Å²) in [6.07, 6.45) is 2.26. The van der Waals surface area contributed by atoms with Crippen molar-refractivity contribution in [1.82, 2.24) is 9.13 Å². The molecule has 0 aliphatic heterocycles. The van der Waals surface area contributed by atoms with Gasteiger partial charge in [0.25, 0.3) is 5.56 Å². The third kappa shape index (κ3) is 4.39. The molecule has 0 fully saturated rings. The fourth-order valence-corrected chi connectivity index (χ4v) is 4.10. The molecule has 4 aromatic rings. The number of carboxylic acid groups (broad SMARTS) is 1. The van der Waals surface area contributed by atoms with Gasteiger partial charge in [-0.3, -0.25) is 9.59 Å². The molecule has 7 heteroatoms. The Morgan fingerprint density at radius 2 is 1.90 bits per heavy atom. The first-order valence-corrected chi connectivity index (χ1v) is 10.1. The van der Waals surface area contributed by atoms with Gasteiger partial charge in [-0.25, -0.2) is 4.39 Å². The van der Waals surface area contributed by atoms with E-state index < -0.39 is 5.97 Å². The number of carbonyl (C=O) groups is 1. The second-order valence-corrected chi connectivity index (χ2v) is 7.95.